The van der Waals surface area contributed by atoms with E-state index in [0.29, 0.717) is 45.3 Å². The van der Waals surface area contributed by atoms with E-state index in [0.717, 1.165) is 16.9 Å². The quantitative estimate of drug-likeness (QED) is 0.147. The molecule has 0 fully saturated rings. The molecule has 216 valence electrons. The van der Waals surface area contributed by atoms with Crippen molar-refractivity contribution in [3.8, 4) is 22.9 Å². The minimum atomic E-state index is -0.564. The van der Waals surface area contributed by atoms with Crippen LogP contribution in [0.4, 0.5) is 13.2 Å². The van der Waals surface area contributed by atoms with Gasteiger partial charge < -0.3 is 25.8 Å². The number of imidazole rings is 1. The van der Waals surface area contributed by atoms with Gasteiger partial charge in [-0.25, -0.2) is 18.2 Å². The molecule has 5 aromatic rings. The number of hydrogen-bond acceptors (Lipinski definition) is 5. The molecule has 42 heavy (non-hydrogen) atoms. The number of nitrogens with zero attached hydrogens (tertiary/aromatic N) is 1. The number of nitrogens with two attached hydrogens (primary N) is 1. The number of fused-ring (bicyclic) bond motifs is 8. The molecule has 3 aromatic carbocycles. The third-order valence-corrected chi connectivity index (χ3v) is 8.89. The fourth-order valence-electron chi connectivity index (χ4n) is 5.14. The second-order valence-electron chi connectivity index (χ2n) is 9.98. The van der Waals surface area contributed by atoms with Crippen LogP contribution < -0.4 is 15.8 Å². The van der Waals surface area contributed by atoms with Crippen LogP contribution in [-0.4, -0.2) is 26.5 Å². The van der Waals surface area contributed by atoms with Crippen LogP contribution in [0.15, 0.2) is 77.3 Å². The Kier molecular flexibility index (Phi) is 8.21. The molecule has 4 bridgehead atoms. The number of allylic oxidation sites excluding steroid dienone is 1. The molecule has 6 rings (SSSR count). The summed E-state index contributed by atoms with van der Waals surface area (Å²) in [5, 5.41) is 3.98. The number of benzene rings is 3. The molecule has 0 amide bonds. The summed E-state index contributed by atoms with van der Waals surface area (Å²) in [5.74, 6) is 0.237. The van der Waals surface area contributed by atoms with Crippen LogP contribution in [0.5, 0.6) is 11.5 Å². The summed E-state index contributed by atoms with van der Waals surface area (Å²) >= 11 is 5.00. The minimum absolute atomic E-state index is 0.0259. The van der Waals surface area contributed by atoms with E-state index in [-0.39, 0.29) is 41.2 Å². The number of H-pyrrole nitrogens is 2. The lowest BCUT2D eigenvalue weighted by molar-refractivity contribution is 0.436. The molecule has 11 heteroatoms. The second kappa shape index (κ2) is 12.2. The molecular formula is C31H27BrF3N5OS. The van der Waals surface area contributed by atoms with Crippen molar-refractivity contribution in [1.29, 1.82) is 0 Å². The molecule has 0 saturated carbocycles. The number of aromatic amines is 2. The van der Waals surface area contributed by atoms with Crippen molar-refractivity contribution in [2.75, 3.05) is 11.5 Å². The van der Waals surface area contributed by atoms with Gasteiger partial charge in [-0.2, -0.15) is 11.8 Å². The van der Waals surface area contributed by atoms with Crippen molar-refractivity contribution in [1.82, 2.24) is 20.3 Å². The van der Waals surface area contributed by atoms with Gasteiger partial charge in [0.1, 0.15) is 23.2 Å². The maximum absolute atomic E-state index is 15.4. The molecule has 2 aromatic heterocycles. The van der Waals surface area contributed by atoms with E-state index >= 15 is 13.2 Å². The summed E-state index contributed by atoms with van der Waals surface area (Å²) < 4.78 is 52.2. The first-order valence-electron chi connectivity index (χ1n) is 13.4. The predicted octanol–water partition coefficient (Wildman–Crippen LogP) is 8.08. The van der Waals surface area contributed by atoms with Crippen molar-refractivity contribution >= 4 is 38.6 Å². The number of aromatic nitrogens is 3. The first kappa shape index (κ1) is 28.3. The van der Waals surface area contributed by atoms with E-state index < -0.39 is 11.6 Å². The molecule has 1 unspecified atom stereocenters. The third kappa shape index (κ3) is 5.76. The second-order valence-corrected chi connectivity index (χ2v) is 12.1. The lowest BCUT2D eigenvalue weighted by Crippen LogP contribution is -2.12. The number of rotatable bonds is 1. The van der Waals surface area contributed by atoms with Crippen LogP contribution in [-0.2, 0) is 6.54 Å². The summed E-state index contributed by atoms with van der Waals surface area (Å²) in [7, 11) is 0. The Hall–Kier alpha value is -3.83. The Morgan fingerprint density at radius 3 is 2.81 bits per heavy atom. The molecule has 1 aliphatic rings. The van der Waals surface area contributed by atoms with E-state index in [4.69, 9.17) is 10.5 Å². The van der Waals surface area contributed by atoms with Crippen molar-refractivity contribution in [2.45, 2.75) is 25.3 Å². The zero-order chi connectivity index (χ0) is 29.2. The molecule has 5 N–H and O–H groups in total. The van der Waals surface area contributed by atoms with Crippen LogP contribution in [0, 0.1) is 17.5 Å². The molecule has 0 radical (unpaired) electrons. The number of halogens is 4. The highest BCUT2D eigenvalue weighted by Crippen LogP contribution is 2.37. The highest BCUT2D eigenvalue weighted by molar-refractivity contribution is 9.10. The van der Waals surface area contributed by atoms with Gasteiger partial charge in [0.2, 0.25) is 0 Å². The van der Waals surface area contributed by atoms with Gasteiger partial charge in [0.15, 0.2) is 11.6 Å². The molecule has 1 atom stereocenters. The number of thioether (sulfide) groups is 1. The highest BCUT2D eigenvalue weighted by atomic mass is 79.9. The summed E-state index contributed by atoms with van der Waals surface area (Å²) in [6.45, 7) is 0.255. The van der Waals surface area contributed by atoms with Crippen LogP contribution in [0.2, 0.25) is 0 Å². The summed E-state index contributed by atoms with van der Waals surface area (Å²) in [5.41, 5.74) is 9.44. The lowest BCUT2D eigenvalue weighted by atomic mass is 9.93. The Morgan fingerprint density at radius 2 is 1.93 bits per heavy atom. The SMILES string of the molecule is N/C1=C\NCc2c(c(F)cc3[nH]ccc23)Oc2ccc(F)c(c2)-c2ncc([nH]2)C(c2cccc(Br)c2F)CCSCC1. The van der Waals surface area contributed by atoms with Gasteiger partial charge >= 0.3 is 0 Å². The van der Waals surface area contributed by atoms with Gasteiger partial charge in [-0.1, -0.05) is 12.1 Å². The largest absolute Gasteiger partial charge is 0.454 e. The monoisotopic (exact) mass is 653 g/mol. The van der Waals surface area contributed by atoms with E-state index in [9.17, 15) is 0 Å². The number of nitrogens with one attached hydrogen (secondary N) is 3. The molecule has 1 aliphatic heterocycles. The topological polar surface area (TPSA) is 91.8 Å². The van der Waals surface area contributed by atoms with Gasteiger partial charge in [0.05, 0.1) is 10.0 Å². The lowest BCUT2D eigenvalue weighted by Gasteiger charge is -2.17. The first-order valence-corrected chi connectivity index (χ1v) is 15.3. The molecule has 0 aliphatic carbocycles. The van der Waals surface area contributed by atoms with Crippen molar-refractivity contribution < 1.29 is 17.9 Å². The van der Waals surface area contributed by atoms with Gasteiger partial charge in [-0.05, 0) is 76.2 Å². The van der Waals surface area contributed by atoms with Crippen LogP contribution in [0.25, 0.3) is 22.3 Å². The van der Waals surface area contributed by atoms with Gasteiger partial charge in [-0.15, -0.1) is 0 Å². The molecule has 3 heterocycles. The third-order valence-electron chi connectivity index (χ3n) is 7.26. The Morgan fingerprint density at radius 1 is 1.05 bits per heavy atom. The predicted molar refractivity (Wildman–Crippen MR) is 164 cm³/mol. The van der Waals surface area contributed by atoms with Gasteiger partial charge in [0, 0.05) is 65.0 Å². The van der Waals surface area contributed by atoms with Crippen LogP contribution >= 0.6 is 27.7 Å². The van der Waals surface area contributed by atoms with Gasteiger partial charge in [0.25, 0.3) is 0 Å². The van der Waals surface area contributed by atoms with Crippen molar-refractivity contribution in [2.24, 2.45) is 5.73 Å². The molecular weight excluding hydrogens is 627 g/mol. The number of hydrogen-bond donors (Lipinski definition) is 4. The van der Waals surface area contributed by atoms with Gasteiger partial charge in [-0.3, -0.25) is 0 Å². The van der Waals surface area contributed by atoms with Crippen LogP contribution in [0.1, 0.15) is 35.6 Å². The molecule has 6 nitrogen and oxygen atoms in total. The Balaban J connectivity index is 1.44. The smallest absolute Gasteiger partial charge is 0.168 e. The molecule has 0 spiro atoms. The average Bonchev–Trinajstić information content (AvgIpc) is 3.64. The maximum Gasteiger partial charge on any atom is 0.168 e. The van der Waals surface area contributed by atoms with E-state index in [1.807, 2.05) is 6.07 Å². The zero-order valence-electron chi connectivity index (χ0n) is 22.3. The molecule has 0 saturated heterocycles. The maximum atomic E-state index is 15.4. The first-order chi connectivity index (χ1) is 20.4. The van der Waals surface area contributed by atoms with Crippen LogP contribution in [0.3, 0.4) is 0 Å². The van der Waals surface area contributed by atoms with E-state index in [2.05, 4.69) is 36.2 Å². The normalized spacial score (nSPS) is 17.6. The fourth-order valence-corrected chi connectivity index (χ4v) is 6.51. The van der Waals surface area contributed by atoms with E-state index in [1.54, 1.807) is 48.6 Å². The average molecular weight is 655 g/mol. The Labute approximate surface area is 253 Å². The minimum Gasteiger partial charge on any atom is -0.454 e. The van der Waals surface area contributed by atoms with Crippen molar-refractivity contribution in [3.63, 3.8) is 0 Å². The summed E-state index contributed by atoms with van der Waals surface area (Å²) in [6.07, 6.45) is 6.33. The Bertz CT molecular complexity index is 1790. The highest BCUT2D eigenvalue weighted by Gasteiger charge is 2.23. The van der Waals surface area contributed by atoms with Crippen molar-refractivity contribution in [3.05, 3.63) is 112 Å². The van der Waals surface area contributed by atoms with E-state index in [1.165, 1.54) is 24.3 Å². The number of ether oxygens (including phenoxy) is 1. The standard InChI is InChI=1S/C31H27BrF3N5OS/c32-24-3-1-2-21(29(24)35)20-8-11-42-10-7-17(36)14-37-15-23-19-6-9-38-27(19)13-26(34)30(23)41-18-4-5-25(33)22(12-18)31-39-16-28(20)40-31/h1-6,9,12-14,16,20,37-38H,7-8,10-11,15,36H2,(H,39,40)/b17-14-. The summed E-state index contributed by atoms with van der Waals surface area (Å²) in [6, 6.07) is 12.6. The summed E-state index contributed by atoms with van der Waals surface area (Å²) in [4.78, 5) is 10.7. The fraction of sp³-hybridized carbons (Fsp3) is 0.194. The zero-order valence-corrected chi connectivity index (χ0v) is 24.7.